The molecule has 2 aromatic carbocycles. The van der Waals surface area contributed by atoms with E-state index in [0.717, 1.165) is 16.3 Å². The molecule has 3 rings (SSSR count). The Kier molecular flexibility index (Phi) is 5.53. The zero-order valence-electron chi connectivity index (χ0n) is 13.1. The van der Waals surface area contributed by atoms with Crippen LogP contribution in [0.3, 0.4) is 0 Å². The predicted molar refractivity (Wildman–Crippen MR) is 100 cm³/mol. The molecule has 1 aromatic heterocycles. The molecule has 128 valence electrons. The Morgan fingerprint density at radius 2 is 1.96 bits per heavy atom. The van der Waals surface area contributed by atoms with Crippen LogP contribution in [0.15, 0.2) is 42.5 Å². The highest BCUT2D eigenvalue weighted by Crippen LogP contribution is 2.26. The Balaban J connectivity index is 1.71. The lowest BCUT2D eigenvalue weighted by atomic mass is 10.1. The number of halogens is 2. The molecule has 3 aromatic rings. The maximum Gasteiger partial charge on any atom is 0.257 e. The Morgan fingerprint density at radius 1 is 1.16 bits per heavy atom. The van der Waals surface area contributed by atoms with Crippen molar-refractivity contribution in [1.29, 1.82) is 0 Å². The minimum absolute atomic E-state index is 0.321. The van der Waals surface area contributed by atoms with Gasteiger partial charge in [-0.2, -0.15) is 0 Å². The van der Waals surface area contributed by atoms with Gasteiger partial charge in [-0.1, -0.05) is 52.7 Å². The summed E-state index contributed by atoms with van der Waals surface area (Å²) < 4.78 is 5.33. The van der Waals surface area contributed by atoms with Gasteiger partial charge in [0.25, 0.3) is 5.91 Å². The van der Waals surface area contributed by atoms with Gasteiger partial charge in [0, 0.05) is 17.5 Å². The largest absolute Gasteiger partial charge is 0.496 e. The van der Waals surface area contributed by atoms with Gasteiger partial charge in [0.15, 0.2) is 0 Å². The van der Waals surface area contributed by atoms with Crippen molar-refractivity contribution >= 4 is 45.6 Å². The molecular weight excluding hydrogens is 381 g/mol. The minimum atomic E-state index is -0.321. The van der Waals surface area contributed by atoms with E-state index >= 15 is 0 Å². The maximum atomic E-state index is 12.3. The van der Waals surface area contributed by atoms with Crippen LogP contribution in [0.2, 0.25) is 10.0 Å². The molecule has 0 aliphatic carbocycles. The molecular formula is C17H13Cl2N3O2S. The number of anilines is 1. The van der Waals surface area contributed by atoms with Crippen LogP contribution in [0.1, 0.15) is 20.9 Å². The fraction of sp³-hybridized carbons (Fsp3) is 0.118. The third-order valence-electron chi connectivity index (χ3n) is 3.40. The molecule has 0 aliphatic heterocycles. The molecule has 0 atom stereocenters. The van der Waals surface area contributed by atoms with E-state index in [1.165, 1.54) is 17.4 Å². The Labute approximate surface area is 158 Å². The zero-order valence-corrected chi connectivity index (χ0v) is 15.5. The highest BCUT2D eigenvalue weighted by molar-refractivity contribution is 7.15. The monoisotopic (exact) mass is 393 g/mol. The molecule has 0 bridgehead atoms. The summed E-state index contributed by atoms with van der Waals surface area (Å²) in [6.07, 6.45) is 0.574. The molecule has 0 spiro atoms. The molecule has 0 unspecified atom stereocenters. The van der Waals surface area contributed by atoms with E-state index in [4.69, 9.17) is 27.9 Å². The number of hydrogen-bond donors (Lipinski definition) is 1. The molecule has 0 fully saturated rings. The van der Waals surface area contributed by atoms with Crippen molar-refractivity contribution < 1.29 is 9.53 Å². The number of amides is 1. The van der Waals surface area contributed by atoms with Crippen molar-refractivity contribution in [3.8, 4) is 5.75 Å². The number of para-hydroxylation sites is 1. The Morgan fingerprint density at radius 3 is 2.72 bits per heavy atom. The highest BCUT2D eigenvalue weighted by atomic mass is 35.5. The number of aromatic nitrogens is 2. The Bertz CT molecular complexity index is 914. The zero-order chi connectivity index (χ0) is 17.8. The SMILES string of the molecule is COc1ccccc1Cc1nnc(NC(=O)c2ccc(Cl)c(Cl)c2)s1. The average Bonchev–Trinajstić information content (AvgIpc) is 3.04. The topological polar surface area (TPSA) is 64.1 Å². The molecule has 1 amide bonds. The van der Waals surface area contributed by atoms with E-state index < -0.39 is 0 Å². The first-order valence-corrected chi connectivity index (χ1v) is 8.84. The second-order valence-corrected chi connectivity index (χ2v) is 6.95. The highest BCUT2D eigenvalue weighted by Gasteiger charge is 2.13. The van der Waals surface area contributed by atoms with Gasteiger partial charge in [0.2, 0.25) is 5.13 Å². The van der Waals surface area contributed by atoms with E-state index in [2.05, 4.69) is 15.5 Å². The Hall–Kier alpha value is -2.15. The third kappa shape index (κ3) is 4.28. The lowest BCUT2D eigenvalue weighted by Gasteiger charge is -2.05. The minimum Gasteiger partial charge on any atom is -0.496 e. The fourth-order valence-electron chi connectivity index (χ4n) is 2.19. The van der Waals surface area contributed by atoms with Crippen LogP contribution in [-0.4, -0.2) is 23.2 Å². The normalized spacial score (nSPS) is 10.5. The van der Waals surface area contributed by atoms with Gasteiger partial charge in [-0.3, -0.25) is 10.1 Å². The summed E-state index contributed by atoms with van der Waals surface area (Å²) in [6, 6.07) is 12.4. The number of methoxy groups -OCH3 is 1. The first-order chi connectivity index (χ1) is 12.1. The van der Waals surface area contributed by atoms with Crippen molar-refractivity contribution in [2.24, 2.45) is 0 Å². The number of carbonyl (C=O) groups excluding carboxylic acids is 1. The van der Waals surface area contributed by atoms with Crippen molar-refractivity contribution in [1.82, 2.24) is 10.2 Å². The van der Waals surface area contributed by atoms with Gasteiger partial charge < -0.3 is 4.74 Å². The van der Waals surface area contributed by atoms with Crippen LogP contribution < -0.4 is 10.1 Å². The molecule has 1 heterocycles. The fourth-order valence-corrected chi connectivity index (χ4v) is 3.25. The van der Waals surface area contributed by atoms with E-state index in [0.29, 0.717) is 27.2 Å². The van der Waals surface area contributed by atoms with Gasteiger partial charge in [-0.15, -0.1) is 10.2 Å². The lowest BCUT2D eigenvalue weighted by molar-refractivity contribution is 0.102. The molecule has 1 N–H and O–H groups in total. The van der Waals surface area contributed by atoms with Crippen molar-refractivity contribution in [2.75, 3.05) is 12.4 Å². The number of nitrogens with one attached hydrogen (secondary N) is 1. The predicted octanol–water partition coefficient (Wildman–Crippen LogP) is 4.70. The van der Waals surface area contributed by atoms with Gasteiger partial charge in [-0.25, -0.2) is 0 Å². The lowest BCUT2D eigenvalue weighted by Crippen LogP contribution is -2.11. The molecule has 0 saturated heterocycles. The second kappa shape index (κ2) is 7.82. The van der Waals surface area contributed by atoms with Gasteiger partial charge in [0.1, 0.15) is 10.8 Å². The smallest absolute Gasteiger partial charge is 0.257 e. The van der Waals surface area contributed by atoms with Crippen molar-refractivity contribution in [3.05, 3.63) is 68.6 Å². The molecule has 5 nitrogen and oxygen atoms in total. The maximum absolute atomic E-state index is 12.3. The van der Waals surface area contributed by atoms with Gasteiger partial charge >= 0.3 is 0 Å². The second-order valence-electron chi connectivity index (χ2n) is 5.07. The van der Waals surface area contributed by atoms with Crippen LogP contribution in [0, 0.1) is 0 Å². The standard InChI is InChI=1S/C17H13Cl2N3O2S/c1-24-14-5-3-2-4-10(14)9-15-21-22-17(25-15)20-16(23)11-6-7-12(18)13(19)8-11/h2-8H,9H2,1H3,(H,20,22,23). The molecule has 0 radical (unpaired) electrons. The van der Waals surface area contributed by atoms with Gasteiger partial charge in [0.05, 0.1) is 17.2 Å². The summed E-state index contributed by atoms with van der Waals surface area (Å²) in [5.41, 5.74) is 1.40. The summed E-state index contributed by atoms with van der Waals surface area (Å²) in [7, 11) is 1.63. The summed E-state index contributed by atoms with van der Waals surface area (Å²) in [6.45, 7) is 0. The van der Waals surface area contributed by atoms with Crippen molar-refractivity contribution in [3.63, 3.8) is 0 Å². The average molecular weight is 394 g/mol. The van der Waals surface area contributed by atoms with Crippen LogP contribution in [0.5, 0.6) is 5.75 Å². The third-order valence-corrected chi connectivity index (χ3v) is 4.98. The quantitative estimate of drug-likeness (QED) is 0.682. The number of nitrogens with zero attached hydrogens (tertiary/aromatic N) is 2. The molecule has 25 heavy (non-hydrogen) atoms. The van der Waals surface area contributed by atoms with E-state index in [-0.39, 0.29) is 5.91 Å². The van der Waals surface area contributed by atoms with Gasteiger partial charge in [-0.05, 0) is 24.3 Å². The summed E-state index contributed by atoms with van der Waals surface area (Å²) in [5, 5.41) is 12.7. The van der Waals surface area contributed by atoms with E-state index in [1.54, 1.807) is 19.2 Å². The number of rotatable bonds is 5. The number of ether oxygens (including phenoxy) is 1. The number of carbonyl (C=O) groups is 1. The summed E-state index contributed by atoms with van der Waals surface area (Å²) in [4.78, 5) is 12.3. The number of hydrogen-bond acceptors (Lipinski definition) is 5. The molecule has 8 heteroatoms. The number of benzene rings is 2. The molecule has 0 aliphatic rings. The van der Waals surface area contributed by atoms with Crippen LogP contribution in [0.4, 0.5) is 5.13 Å². The van der Waals surface area contributed by atoms with Crippen LogP contribution in [0.25, 0.3) is 0 Å². The van der Waals surface area contributed by atoms with E-state index in [1.807, 2.05) is 24.3 Å². The first kappa shape index (κ1) is 17.7. The molecule has 0 saturated carbocycles. The summed E-state index contributed by atoms with van der Waals surface area (Å²) in [5.74, 6) is 0.470. The van der Waals surface area contributed by atoms with Crippen LogP contribution >= 0.6 is 34.5 Å². The summed E-state index contributed by atoms with van der Waals surface area (Å²) >= 11 is 13.1. The van der Waals surface area contributed by atoms with E-state index in [9.17, 15) is 4.79 Å². The first-order valence-electron chi connectivity index (χ1n) is 7.27. The van der Waals surface area contributed by atoms with Crippen LogP contribution in [-0.2, 0) is 6.42 Å². The van der Waals surface area contributed by atoms with Crippen molar-refractivity contribution in [2.45, 2.75) is 6.42 Å².